The zero-order valence-corrected chi connectivity index (χ0v) is 30.7. The van der Waals surface area contributed by atoms with Gasteiger partial charge in [-0.1, -0.05) is 35.6 Å². The van der Waals surface area contributed by atoms with E-state index in [1.54, 1.807) is 69.3 Å². The van der Waals surface area contributed by atoms with Crippen molar-refractivity contribution < 1.29 is 38.2 Å². The maximum absolute atomic E-state index is 14.2. The number of esters is 2. The highest BCUT2D eigenvalue weighted by molar-refractivity contribution is 9.10. The van der Waals surface area contributed by atoms with Crippen LogP contribution >= 0.6 is 27.3 Å². The van der Waals surface area contributed by atoms with Gasteiger partial charge in [0.25, 0.3) is 5.56 Å². The number of ether oxygens (including phenoxy) is 5. The van der Waals surface area contributed by atoms with Crippen LogP contribution < -0.4 is 29.1 Å². The molecular formula is C36H31BrN4O10S. The van der Waals surface area contributed by atoms with Gasteiger partial charge in [0.2, 0.25) is 5.75 Å². The molecule has 0 saturated carbocycles. The van der Waals surface area contributed by atoms with Crippen LogP contribution in [0.4, 0.5) is 5.69 Å². The largest absolute Gasteiger partial charge is 0.490 e. The molecule has 1 aromatic heterocycles. The summed E-state index contributed by atoms with van der Waals surface area (Å²) in [6, 6.07) is 15.5. The van der Waals surface area contributed by atoms with Crippen molar-refractivity contribution in [1.29, 1.82) is 5.26 Å². The van der Waals surface area contributed by atoms with Crippen LogP contribution in [0.15, 0.2) is 80.1 Å². The van der Waals surface area contributed by atoms with E-state index in [2.05, 4.69) is 31.7 Å². The molecule has 0 amide bonds. The number of carbonyl (C=O) groups excluding carboxylic acids is 2. The van der Waals surface area contributed by atoms with E-state index in [9.17, 15) is 29.8 Å². The third-order valence-electron chi connectivity index (χ3n) is 7.72. The van der Waals surface area contributed by atoms with Crippen LogP contribution in [0.25, 0.3) is 6.08 Å². The van der Waals surface area contributed by atoms with E-state index in [-0.39, 0.29) is 68.7 Å². The number of benzene rings is 3. The normalized spacial score (nSPS) is 13.8. The molecule has 1 atom stereocenters. The molecule has 4 aromatic rings. The molecule has 0 bridgehead atoms. The number of carbonyl (C=O) groups is 2. The van der Waals surface area contributed by atoms with Gasteiger partial charge in [0.1, 0.15) is 6.61 Å². The first-order chi connectivity index (χ1) is 25.0. The van der Waals surface area contributed by atoms with Gasteiger partial charge in [-0.2, -0.15) is 5.26 Å². The number of methoxy groups -OCH3 is 1. The second-order valence-corrected chi connectivity index (χ2v) is 12.8. The third-order valence-corrected chi connectivity index (χ3v) is 9.30. The highest BCUT2D eigenvalue weighted by Crippen LogP contribution is 2.38. The molecule has 16 heteroatoms. The number of aromatic nitrogens is 1. The molecule has 0 spiro atoms. The van der Waals surface area contributed by atoms with Crippen molar-refractivity contribution in [2.24, 2.45) is 4.99 Å². The minimum Gasteiger partial charge on any atom is -0.490 e. The van der Waals surface area contributed by atoms with Crippen LogP contribution in [0.1, 0.15) is 49.1 Å². The lowest BCUT2D eigenvalue weighted by molar-refractivity contribution is -0.386. The zero-order chi connectivity index (χ0) is 37.5. The van der Waals surface area contributed by atoms with E-state index in [1.807, 2.05) is 0 Å². The van der Waals surface area contributed by atoms with E-state index in [0.717, 1.165) is 11.3 Å². The first-order valence-electron chi connectivity index (χ1n) is 15.8. The Labute approximate surface area is 309 Å². The number of nitro benzene ring substituents is 1. The number of rotatable bonds is 13. The van der Waals surface area contributed by atoms with Gasteiger partial charge < -0.3 is 23.7 Å². The predicted molar refractivity (Wildman–Crippen MR) is 192 cm³/mol. The maximum Gasteiger partial charge on any atom is 0.343 e. The number of fused-ring (bicyclic) bond motifs is 1. The average molecular weight is 792 g/mol. The molecule has 0 aliphatic carbocycles. The molecule has 0 radical (unpaired) electrons. The molecule has 5 rings (SSSR count). The molecule has 1 aliphatic heterocycles. The Hall–Kier alpha value is -5.79. The first-order valence-corrected chi connectivity index (χ1v) is 17.4. The molecule has 0 N–H and O–H groups in total. The fourth-order valence-corrected chi connectivity index (χ4v) is 7.03. The lowest BCUT2D eigenvalue weighted by Crippen LogP contribution is -2.40. The molecule has 0 fully saturated rings. The lowest BCUT2D eigenvalue weighted by Gasteiger charge is -2.25. The lowest BCUT2D eigenvalue weighted by atomic mass is 9.95. The molecule has 14 nitrogen and oxygen atoms in total. The molecule has 268 valence electrons. The first kappa shape index (κ1) is 37.5. The Balaban J connectivity index is 1.61. The van der Waals surface area contributed by atoms with E-state index >= 15 is 0 Å². The summed E-state index contributed by atoms with van der Waals surface area (Å²) >= 11 is 4.42. The highest BCUT2D eigenvalue weighted by atomic mass is 79.9. The van der Waals surface area contributed by atoms with Crippen LogP contribution in [0.3, 0.4) is 0 Å². The van der Waals surface area contributed by atoms with Crippen LogP contribution in [0.5, 0.6) is 17.2 Å². The summed E-state index contributed by atoms with van der Waals surface area (Å²) in [5.74, 6) is -0.799. The molecule has 3 aromatic carbocycles. The molecule has 0 saturated heterocycles. The van der Waals surface area contributed by atoms with Crippen molar-refractivity contribution in [3.05, 3.63) is 122 Å². The summed E-state index contributed by atoms with van der Waals surface area (Å²) in [5.41, 5.74) is 1.31. The highest BCUT2D eigenvalue weighted by Gasteiger charge is 2.34. The SMILES string of the molecule is CCOC(=O)C1=C(C)N=c2s/c(=C/c3cc(Br)c(OCc4ccccc4C#N)c([N+](=O)[O-])c3)c(=O)n2[C@H]1c1ccc(OCC(=O)OC)c(OCC)c1. The van der Waals surface area contributed by atoms with Gasteiger partial charge in [0.15, 0.2) is 22.9 Å². The van der Waals surface area contributed by atoms with E-state index in [1.165, 1.54) is 23.8 Å². The van der Waals surface area contributed by atoms with Crippen molar-refractivity contribution in [1.82, 2.24) is 4.57 Å². The van der Waals surface area contributed by atoms with Gasteiger partial charge in [-0.3, -0.25) is 19.5 Å². The summed E-state index contributed by atoms with van der Waals surface area (Å²) in [4.78, 5) is 55.8. The second kappa shape index (κ2) is 16.5. The Morgan fingerprint density at radius 1 is 1.10 bits per heavy atom. The quantitative estimate of drug-likeness (QED) is 0.102. The molecule has 52 heavy (non-hydrogen) atoms. The summed E-state index contributed by atoms with van der Waals surface area (Å²) in [5, 5.41) is 21.6. The van der Waals surface area contributed by atoms with E-state index in [0.29, 0.717) is 28.0 Å². The smallest absolute Gasteiger partial charge is 0.343 e. The van der Waals surface area contributed by atoms with Crippen LogP contribution in [-0.4, -0.2) is 48.4 Å². The fourth-order valence-electron chi connectivity index (χ4n) is 5.40. The van der Waals surface area contributed by atoms with Gasteiger partial charge in [0.05, 0.1) is 63.2 Å². The van der Waals surface area contributed by atoms with Crippen molar-refractivity contribution in [2.45, 2.75) is 33.4 Å². The number of halogens is 1. The van der Waals surface area contributed by atoms with E-state index in [4.69, 9.17) is 18.9 Å². The summed E-state index contributed by atoms with van der Waals surface area (Å²) < 4.78 is 29.1. The second-order valence-electron chi connectivity index (χ2n) is 11.0. The minimum absolute atomic E-state index is 0.0461. The predicted octanol–water partition coefficient (Wildman–Crippen LogP) is 4.87. The van der Waals surface area contributed by atoms with Crippen molar-refractivity contribution in [3.63, 3.8) is 0 Å². The Morgan fingerprint density at radius 3 is 2.56 bits per heavy atom. The van der Waals surface area contributed by atoms with Crippen LogP contribution in [-0.2, 0) is 25.7 Å². The zero-order valence-electron chi connectivity index (χ0n) is 28.3. The van der Waals surface area contributed by atoms with Crippen molar-refractivity contribution >= 4 is 51.0 Å². The molecule has 1 aliphatic rings. The van der Waals surface area contributed by atoms with E-state index < -0.39 is 28.5 Å². The number of nitrogens with zero attached hydrogens (tertiary/aromatic N) is 4. The van der Waals surface area contributed by atoms with Crippen LogP contribution in [0.2, 0.25) is 0 Å². The standard InChI is InChI=1S/C36H31BrN4O10S/c1-5-48-28-16-22(11-12-27(28)50-19-30(42)47-4)32-31(35(44)49-6-2)20(3)39-36-40(32)34(43)29(52-36)15-21-13-25(37)33(26(14-21)41(45)46)51-18-24-10-8-7-9-23(24)17-38/h7-16,32H,5-6,18-19H2,1-4H3/b29-15+/t32-/m0/s1. The minimum atomic E-state index is -1.00. The van der Waals surface area contributed by atoms with Gasteiger partial charge in [0, 0.05) is 11.6 Å². The van der Waals surface area contributed by atoms with Gasteiger partial charge in [-0.25, -0.2) is 14.6 Å². The Bertz CT molecular complexity index is 2330. The monoisotopic (exact) mass is 790 g/mol. The number of hydrogen-bond donors (Lipinski definition) is 0. The number of nitriles is 1. The Morgan fingerprint density at radius 2 is 1.87 bits per heavy atom. The van der Waals surface area contributed by atoms with Crippen molar-refractivity contribution in [3.8, 4) is 23.3 Å². The average Bonchev–Trinajstić information content (AvgIpc) is 3.43. The van der Waals surface area contributed by atoms with Gasteiger partial charge in [-0.15, -0.1) is 0 Å². The summed E-state index contributed by atoms with van der Waals surface area (Å²) in [6.07, 6.45) is 1.49. The number of allylic oxidation sites excluding steroid dienone is 1. The summed E-state index contributed by atoms with van der Waals surface area (Å²) in [6.45, 7) is 4.94. The fraction of sp³-hybridized carbons (Fsp3) is 0.250. The van der Waals surface area contributed by atoms with Crippen molar-refractivity contribution in [2.75, 3.05) is 26.9 Å². The Kier molecular flexibility index (Phi) is 11.9. The summed E-state index contributed by atoms with van der Waals surface area (Å²) in [7, 11) is 1.24. The number of hydrogen-bond acceptors (Lipinski definition) is 13. The molecule has 2 heterocycles. The van der Waals surface area contributed by atoms with Crippen LogP contribution in [0, 0.1) is 21.4 Å². The third kappa shape index (κ3) is 7.90. The molecular weight excluding hydrogens is 760 g/mol. The van der Waals surface area contributed by atoms with Gasteiger partial charge >= 0.3 is 17.6 Å². The number of thiazole rings is 1. The number of nitro groups is 1. The topological polar surface area (TPSA) is 182 Å². The molecule has 0 unspecified atom stereocenters. The van der Waals surface area contributed by atoms with Gasteiger partial charge in [-0.05, 0) is 78.2 Å². The maximum atomic E-state index is 14.2.